The minimum Gasteiger partial charge on any atom is -0.342 e. The SMILES string of the molecule is CN(CCN(C)C(=O)C1(n2cncn2)CC1)C(=O)c1cc2cc(Cl)ccc2n1C. The Morgan fingerprint density at radius 2 is 1.90 bits per heavy atom. The highest BCUT2D eigenvalue weighted by Gasteiger charge is 2.54. The first-order valence-electron chi connectivity index (χ1n) is 9.44. The van der Waals surface area contributed by atoms with Crippen LogP contribution in [0.2, 0.25) is 5.02 Å². The molecule has 29 heavy (non-hydrogen) atoms. The largest absolute Gasteiger partial charge is 0.342 e. The quantitative estimate of drug-likeness (QED) is 0.619. The first kappa shape index (κ1) is 19.4. The third kappa shape index (κ3) is 3.37. The van der Waals surface area contributed by atoms with Gasteiger partial charge in [0.05, 0.1) is 0 Å². The number of likely N-dealkylation sites (N-methyl/N-ethyl adjacent to an activating group) is 2. The van der Waals surface area contributed by atoms with E-state index in [0.29, 0.717) is 23.8 Å². The molecule has 2 amide bonds. The van der Waals surface area contributed by atoms with E-state index in [1.165, 1.54) is 6.33 Å². The number of hydrogen-bond donors (Lipinski definition) is 0. The molecule has 1 saturated carbocycles. The van der Waals surface area contributed by atoms with Gasteiger partial charge in [-0.1, -0.05) is 11.6 Å². The predicted octanol–water partition coefficient (Wildman–Crippen LogP) is 2.14. The van der Waals surface area contributed by atoms with E-state index in [0.717, 1.165) is 23.7 Å². The number of benzene rings is 1. The number of amides is 2. The monoisotopic (exact) mass is 414 g/mol. The van der Waals surface area contributed by atoms with Crippen LogP contribution in [0.1, 0.15) is 23.3 Å². The van der Waals surface area contributed by atoms with Gasteiger partial charge in [0.15, 0.2) is 0 Å². The van der Waals surface area contributed by atoms with E-state index in [1.54, 1.807) is 34.9 Å². The molecule has 1 aliphatic carbocycles. The van der Waals surface area contributed by atoms with Crippen LogP contribution in [-0.4, -0.2) is 68.1 Å². The molecular formula is C20H23ClN6O2. The molecule has 3 aromatic rings. The molecule has 0 aliphatic heterocycles. The summed E-state index contributed by atoms with van der Waals surface area (Å²) in [7, 11) is 5.37. The van der Waals surface area contributed by atoms with Gasteiger partial charge in [0, 0.05) is 50.2 Å². The number of halogens is 1. The third-order valence-corrected chi connectivity index (χ3v) is 5.90. The molecule has 0 bridgehead atoms. The lowest BCUT2D eigenvalue weighted by atomic mass is 10.2. The van der Waals surface area contributed by atoms with Gasteiger partial charge in [0.2, 0.25) is 5.91 Å². The average molecular weight is 415 g/mol. The molecule has 1 fully saturated rings. The zero-order valence-corrected chi connectivity index (χ0v) is 17.4. The number of carbonyl (C=O) groups is 2. The number of aromatic nitrogens is 4. The van der Waals surface area contributed by atoms with Gasteiger partial charge in [-0.25, -0.2) is 9.67 Å². The van der Waals surface area contributed by atoms with E-state index in [9.17, 15) is 9.59 Å². The Labute approximate surface area is 173 Å². The van der Waals surface area contributed by atoms with Crippen molar-refractivity contribution in [2.45, 2.75) is 18.4 Å². The van der Waals surface area contributed by atoms with Gasteiger partial charge in [-0.05, 0) is 37.1 Å². The van der Waals surface area contributed by atoms with Crippen molar-refractivity contribution in [3.8, 4) is 0 Å². The first-order chi connectivity index (χ1) is 13.8. The molecule has 0 saturated heterocycles. The molecule has 9 heteroatoms. The molecule has 8 nitrogen and oxygen atoms in total. The van der Waals surface area contributed by atoms with Crippen molar-refractivity contribution in [3.05, 3.63) is 47.6 Å². The van der Waals surface area contributed by atoms with Crippen LogP contribution in [0.5, 0.6) is 0 Å². The van der Waals surface area contributed by atoms with E-state index in [-0.39, 0.29) is 11.8 Å². The van der Waals surface area contributed by atoms with Crippen molar-refractivity contribution in [3.63, 3.8) is 0 Å². The fraction of sp³-hybridized carbons (Fsp3) is 0.400. The van der Waals surface area contributed by atoms with Gasteiger partial charge in [0.1, 0.15) is 23.9 Å². The maximum atomic E-state index is 12.9. The average Bonchev–Trinajstić information content (AvgIpc) is 3.19. The van der Waals surface area contributed by atoms with Crippen LogP contribution in [0.15, 0.2) is 36.9 Å². The zero-order valence-electron chi connectivity index (χ0n) is 16.7. The summed E-state index contributed by atoms with van der Waals surface area (Å²) in [5, 5.41) is 5.69. The van der Waals surface area contributed by atoms with Crippen molar-refractivity contribution in [1.29, 1.82) is 0 Å². The van der Waals surface area contributed by atoms with Gasteiger partial charge < -0.3 is 14.4 Å². The lowest BCUT2D eigenvalue weighted by Gasteiger charge is -2.26. The Bertz CT molecular complexity index is 1070. The summed E-state index contributed by atoms with van der Waals surface area (Å²) in [6.45, 7) is 0.865. The van der Waals surface area contributed by atoms with Gasteiger partial charge >= 0.3 is 0 Å². The molecule has 0 N–H and O–H groups in total. The molecule has 0 atom stereocenters. The Morgan fingerprint density at radius 1 is 1.17 bits per heavy atom. The van der Waals surface area contributed by atoms with E-state index in [1.807, 2.05) is 35.9 Å². The van der Waals surface area contributed by atoms with Crippen LogP contribution in [0.3, 0.4) is 0 Å². The van der Waals surface area contributed by atoms with Crippen LogP contribution in [0, 0.1) is 0 Å². The van der Waals surface area contributed by atoms with E-state index < -0.39 is 5.54 Å². The fourth-order valence-corrected chi connectivity index (χ4v) is 3.85. The van der Waals surface area contributed by atoms with Crippen molar-refractivity contribution in [1.82, 2.24) is 29.1 Å². The Kier molecular flexibility index (Phi) is 4.82. The Balaban J connectivity index is 1.42. The number of fused-ring (bicyclic) bond motifs is 1. The van der Waals surface area contributed by atoms with Crippen molar-refractivity contribution in [2.75, 3.05) is 27.2 Å². The van der Waals surface area contributed by atoms with Crippen LogP contribution in [0.4, 0.5) is 0 Å². The molecule has 0 spiro atoms. The molecule has 1 aromatic carbocycles. The standard InChI is InChI=1S/C20H23ClN6O2/c1-24(18(28)17-11-14-10-15(21)4-5-16(14)26(17)3)8-9-25(2)19(29)20(6-7-20)27-13-22-12-23-27/h4-5,10-13H,6-9H2,1-3H3. The minimum absolute atomic E-state index is 0.00287. The first-order valence-corrected chi connectivity index (χ1v) is 9.82. The van der Waals surface area contributed by atoms with Gasteiger partial charge in [-0.15, -0.1) is 0 Å². The normalized spacial score (nSPS) is 14.8. The number of carbonyl (C=O) groups excluding carboxylic acids is 2. The van der Waals surface area contributed by atoms with Gasteiger partial charge in [-0.2, -0.15) is 5.10 Å². The summed E-state index contributed by atoms with van der Waals surface area (Å²) in [4.78, 5) is 33.1. The maximum Gasteiger partial charge on any atom is 0.270 e. The number of nitrogens with zero attached hydrogens (tertiary/aromatic N) is 6. The lowest BCUT2D eigenvalue weighted by Crippen LogP contribution is -2.44. The molecule has 1 aliphatic rings. The van der Waals surface area contributed by atoms with E-state index >= 15 is 0 Å². The smallest absolute Gasteiger partial charge is 0.270 e. The maximum absolute atomic E-state index is 12.9. The second-order valence-corrected chi connectivity index (χ2v) is 8.05. The number of hydrogen-bond acceptors (Lipinski definition) is 4. The summed E-state index contributed by atoms with van der Waals surface area (Å²) >= 11 is 6.06. The highest BCUT2D eigenvalue weighted by Crippen LogP contribution is 2.44. The van der Waals surface area contributed by atoms with E-state index in [4.69, 9.17) is 11.6 Å². The lowest BCUT2D eigenvalue weighted by molar-refractivity contribution is -0.135. The molecule has 0 radical (unpaired) electrons. The second-order valence-electron chi connectivity index (χ2n) is 7.62. The van der Waals surface area contributed by atoms with Crippen LogP contribution >= 0.6 is 11.6 Å². The highest BCUT2D eigenvalue weighted by molar-refractivity contribution is 6.31. The summed E-state index contributed by atoms with van der Waals surface area (Å²) in [5.74, 6) is -0.0961. The van der Waals surface area contributed by atoms with Gasteiger partial charge in [0.25, 0.3) is 5.91 Å². The Morgan fingerprint density at radius 3 is 2.55 bits per heavy atom. The summed E-state index contributed by atoms with van der Waals surface area (Å²) in [6.07, 6.45) is 4.54. The second kappa shape index (κ2) is 7.18. The fourth-order valence-electron chi connectivity index (χ4n) is 3.67. The van der Waals surface area contributed by atoms with Crippen molar-refractivity contribution < 1.29 is 9.59 Å². The van der Waals surface area contributed by atoms with Crippen LogP contribution in [-0.2, 0) is 17.4 Å². The van der Waals surface area contributed by atoms with Crippen molar-refractivity contribution in [2.24, 2.45) is 7.05 Å². The van der Waals surface area contributed by atoms with Crippen LogP contribution < -0.4 is 0 Å². The zero-order chi connectivity index (χ0) is 20.8. The summed E-state index contributed by atoms with van der Waals surface area (Å²) < 4.78 is 3.50. The molecule has 2 heterocycles. The third-order valence-electron chi connectivity index (χ3n) is 5.67. The van der Waals surface area contributed by atoms with Crippen LogP contribution in [0.25, 0.3) is 10.9 Å². The molecule has 0 unspecified atom stereocenters. The summed E-state index contributed by atoms with van der Waals surface area (Å²) in [5.41, 5.74) is 0.921. The topological polar surface area (TPSA) is 76.3 Å². The number of aryl methyl sites for hydroxylation is 1. The minimum atomic E-state index is -0.608. The molecule has 4 rings (SSSR count). The molecule has 152 valence electrons. The highest BCUT2D eigenvalue weighted by atomic mass is 35.5. The van der Waals surface area contributed by atoms with Crippen molar-refractivity contribution >= 4 is 34.3 Å². The molecule has 2 aromatic heterocycles. The number of rotatable bonds is 6. The summed E-state index contributed by atoms with van der Waals surface area (Å²) in [6, 6.07) is 7.41. The predicted molar refractivity (Wildman–Crippen MR) is 110 cm³/mol. The van der Waals surface area contributed by atoms with Gasteiger partial charge in [-0.3, -0.25) is 9.59 Å². The molecular weight excluding hydrogens is 392 g/mol. The Hall–Kier alpha value is -2.87. The van der Waals surface area contributed by atoms with E-state index in [2.05, 4.69) is 10.1 Å².